The maximum Gasteiger partial charge on any atom is 0.223 e. The van der Waals surface area contributed by atoms with Gasteiger partial charge in [0.05, 0.1) is 115 Å². The van der Waals surface area contributed by atoms with Gasteiger partial charge in [-0.2, -0.15) is 0 Å². The number of rotatable bonds is 31. The second-order valence-electron chi connectivity index (χ2n) is 37.8. The first-order chi connectivity index (χ1) is 73.3. The van der Waals surface area contributed by atoms with Crippen LogP contribution in [-0.2, 0) is 25.7 Å². The number of halogens is 4. The number of pyridine rings is 4. The summed E-state index contributed by atoms with van der Waals surface area (Å²) in [5, 5.41) is 31.9. The van der Waals surface area contributed by atoms with Crippen molar-refractivity contribution in [1.82, 2.24) is 98.0 Å². The summed E-state index contributed by atoms with van der Waals surface area (Å²) in [6.45, 7) is 11.4. The lowest BCUT2D eigenvalue weighted by Crippen LogP contribution is -2.28. The lowest BCUT2D eigenvalue weighted by atomic mass is 9.93. The number of para-hydroxylation sites is 4. The molecule has 1 fully saturated rings. The Morgan fingerprint density at radius 3 is 0.832 bits per heavy atom. The monoisotopic (exact) mass is 1980 g/mol. The molecule has 4 atom stereocenters. The van der Waals surface area contributed by atoms with Crippen molar-refractivity contribution >= 4 is 90.7 Å². The van der Waals surface area contributed by atoms with Crippen LogP contribution in [0.15, 0.2) is 292 Å². The number of fused-ring (bicyclic) bond motifs is 8. The first-order valence-corrected chi connectivity index (χ1v) is 51.5. The van der Waals surface area contributed by atoms with Crippen LogP contribution in [0.1, 0.15) is 132 Å². The predicted molar refractivity (Wildman–Crippen MR) is 583 cm³/mol. The van der Waals surface area contributed by atoms with Crippen molar-refractivity contribution in [1.29, 1.82) is 0 Å². The molecule has 149 heavy (non-hydrogen) atoms. The Bertz CT molecular complexity index is 8130. The van der Waals surface area contributed by atoms with Crippen LogP contribution >= 0.6 is 0 Å². The molecule has 0 radical (unpaired) electrons. The number of hydrogen-bond acceptors (Lipinski definition) is 24. The van der Waals surface area contributed by atoms with E-state index in [4.69, 9.17) is 59.8 Å². The van der Waals surface area contributed by atoms with Gasteiger partial charge in [-0.25, -0.2) is 97.3 Å². The lowest BCUT2D eigenvalue weighted by Gasteiger charge is -2.26. The van der Waals surface area contributed by atoms with E-state index in [1.54, 1.807) is 73.3 Å². The zero-order chi connectivity index (χ0) is 101. The summed E-state index contributed by atoms with van der Waals surface area (Å²) in [5.41, 5.74) is 17.5. The number of aromatic nitrogens is 20. The molecule has 28 nitrogen and oxygen atoms in total. The van der Waals surface area contributed by atoms with Gasteiger partial charge in [-0.15, -0.1) is 0 Å². The topological polar surface area (TPSA) is 322 Å². The maximum absolute atomic E-state index is 13.8. The van der Waals surface area contributed by atoms with Gasteiger partial charge < -0.3 is 60.8 Å². The van der Waals surface area contributed by atoms with E-state index in [1.807, 2.05) is 128 Å². The van der Waals surface area contributed by atoms with Gasteiger partial charge in [-0.1, -0.05) is 93.1 Å². The fraction of sp³-hybridized carbons (Fsp3) is 0.248. The molecule has 8 N–H and O–H groups in total. The Kier molecular flexibility index (Phi) is 28.7. The van der Waals surface area contributed by atoms with Gasteiger partial charge in [-0.3, -0.25) is 0 Å². The third kappa shape index (κ3) is 21.6. The first-order valence-electron chi connectivity index (χ1n) is 51.5. The molecule has 1 aliphatic carbocycles. The minimum atomic E-state index is -0.270. The number of aryl methyl sites for hydroxylation is 4. The van der Waals surface area contributed by atoms with Crippen molar-refractivity contribution in [2.45, 2.75) is 141 Å². The van der Waals surface area contributed by atoms with E-state index in [0.717, 1.165) is 284 Å². The molecular formula is C117H112F4N28. The smallest absolute Gasteiger partial charge is 0.223 e. The van der Waals surface area contributed by atoms with E-state index in [2.05, 4.69) is 143 Å². The van der Waals surface area contributed by atoms with Gasteiger partial charge in [0, 0.05) is 146 Å². The lowest BCUT2D eigenvalue weighted by molar-refractivity contribution is 0.443. The van der Waals surface area contributed by atoms with Gasteiger partial charge in [0.25, 0.3) is 0 Å². The van der Waals surface area contributed by atoms with Crippen LogP contribution in [-0.4, -0.2) is 150 Å². The summed E-state index contributed by atoms with van der Waals surface area (Å²) in [5.74, 6) is 8.78. The molecule has 4 unspecified atom stereocenters. The van der Waals surface area contributed by atoms with Crippen molar-refractivity contribution in [3.63, 3.8) is 0 Å². The number of imidazole rings is 4. The molecule has 20 aromatic rings. The Labute approximate surface area is 859 Å². The van der Waals surface area contributed by atoms with Crippen LogP contribution in [0.5, 0.6) is 0 Å². The molecule has 25 rings (SSSR count). The maximum atomic E-state index is 13.8. The second-order valence-corrected chi connectivity index (χ2v) is 37.8. The normalized spacial score (nSPS) is 15.2. The average molecular weight is 1990 g/mol. The van der Waals surface area contributed by atoms with Crippen molar-refractivity contribution in [3.8, 4) is 90.6 Å². The van der Waals surface area contributed by atoms with E-state index in [0.29, 0.717) is 56.0 Å². The fourth-order valence-corrected chi connectivity index (χ4v) is 20.2. The Morgan fingerprint density at radius 1 is 0.268 bits per heavy atom. The Hall–Kier alpha value is -17.3. The molecule has 0 saturated heterocycles. The number of hydrogen-bond donors (Lipinski definition) is 8. The van der Waals surface area contributed by atoms with Gasteiger partial charge in [-0.05, 0) is 259 Å². The molecule has 12 aromatic heterocycles. The van der Waals surface area contributed by atoms with E-state index < -0.39 is 0 Å². The summed E-state index contributed by atoms with van der Waals surface area (Å²) in [6, 6.07) is 83.8. The van der Waals surface area contributed by atoms with E-state index in [1.165, 1.54) is 55.0 Å². The predicted octanol–water partition coefficient (Wildman–Crippen LogP) is 24.6. The third-order valence-electron chi connectivity index (χ3n) is 27.9. The Balaban J connectivity index is 0.000000112. The van der Waals surface area contributed by atoms with Crippen LogP contribution < -0.4 is 42.5 Å². The quantitative estimate of drug-likeness (QED) is 0.0148. The molecule has 5 aliphatic rings. The van der Waals surface area contributed by atoms with Gasteiger partial charge in [0.2, 0.25) is 23.8 Å². The van der Waals surface area contributed by atoms with E-state index in [9.17, 15) is 17.6 Å². The summed E-state index contributed by atoms with van der Waals surface area (Å²) < 4.78 is 64.1. The number of nitrogens with zero attached hydrogens (tertiary/aromatic N) is 20. The minimum Gasteiger partial charge on any atom is -0.368 e. The number of unbranched alkanes of at least 4 members (excludes halogenated alkanes) is 1. The highest BCUT2D eigenvalue weighted by Crippen LogP contribution is 2.46. The van der Waals surface area contributed by atoms with Crippen LogP contribution in [0.2, 0.25) is 0 Å². The standard InChI is InChI=1S/C30H28FN7.C30H30FN7.C29H28FN7.C28H26FN7/c31-21-11-8-20(9-12-21)28-29(25-16-17-32-30(36-25)34-22-5-3-6-22)38-23(13-15-27(38)37-28)18-33-26-14-10-19-4-1-2-7-24(19)35-26;1-2-3-17-32-30-33-18-16-25(36-30)29-28(21-8-11-22(31)12-9-21)37-27-15-13-23(38(27)29)19-34-26-14-10-20-6-4-5-7-24(20)35-26;1-2-16-31-29-32-17-15-24(35-29)28-27(20-7-10-21(30)11-8-20)36-26-14-12-22(37(26)28)18-33-25-13-9-19-5-3-4-6-23(19)34-25;1-2-30-28-31-16-15-23(34-28)27-26(19-7-10-20(29)11-8-19)35-25-14-12-21(36(25)27)17-32-24-13-9-18-5-3-4-6-22(18)33-24/h1-2,4,7-12,14,16-17,22-23H,3,5-6,13,15,18H2,(H,33,35)(H,32,34,36);4-12,14,16,18,23H,2-3,13,15,17,19H2,1H3,(H,34,35)(H,32,33,36);3-11,13,15,17,22H,2,12,14,16,18H2,1H3,(H,33,34)(H,31,32,35);3-11,13,15-16,21H,2,12,14,17H2,1H3,(H,32,33)(H,30,31,34). The molecule has 0 spiro atoms. The molecular weight excluding hydrogens is 1870 g/mol. The molecule has 0 amide bonds. The number of benzene rings is 8. The summed E-state index contributed by atoms with van der Waals surface area (Å²) in [4.78, 5) is 76.2. The van der Waals surface area contributed by atoms with Crippen LogP contribution in [0.25, 0.3) is 134 Å². The zero-order valence-corrected chi connectivity index (χ0v) is 82.9. The number of anilines is 8. The largest absolute Gasteiger partial charge is 0.368 e. The minimum absolute atomic E-state index is 0.168. The highest BCUT2D eigenvalue weighted by atomic mass is 19.1. The molecule has 0 bridgehead atoms. The zero-order valence-electron chi connectivity index (χ0n) is 82.9. The molecule has 32 heteroatoms. The van der Waals surface area contributed by atoms with Crippen LogP contribution in [0.3, 0.4) is 0 Å². The number of nitrogens with one attached hydrogen (secondary N) is 8. The second kappa shape index (κ2) is 44.3. The van der Waals surface area contributed by atoms with Crippen molar-refractivity contribution in [3.05, 3.63) is 338 Å². The highest BCUT2D eigenvalue weighted by molar-refractivity contribution is 5.86. The average Bonchev–Trinajstić information content (AvgIpc) is 1.61. The summed E-state index contributed by atoms with van der Waals surface area (Å²) >= 11 is 0. The Morgan fingerprint density at radius 2 is 0.550 bits per heavy atom. The van der Waals surface area contributed by atoms with Gasteiger partial charge >= 0.3 is 0 Å². The molecule has 8 aromatic carbocycles. The molecule has 1 saturated carbocycles. The van der Waals surface area contributed by atoms with Crippen molar-refractivity contribution in [2.75, 3.05) is 88.3 Å². The fourth-order valence-electron chi connectivity index (χ4n) is 20.2. The van der Waals surface area contributed by atoms with Crippen molar-refractivity contribution in [2.24, 2.45) is 0 Å². The highest BCUT2D eigenvalue weighted by Gasteiger charge is 2.37. The van der Waals surface area contributed by atoms with Crippen molar-refractivity contribution < 1.29 is 17.6 Å². The van der Waals surface area contributed by atoms with E-state index >= 15 is 0 Å². The molecule has 16 heterocycles. The summed E-state index contributed by atoms with van der Waals surface area (Å²) in [6.07, 6.45) is 21.1. The van der Waals surface area contributed by atoms with Crippen LogP contribution in [0.4, 0.5) is 64.6 Å². The first kappa shape index (κ1) is 96.5. The van der Waals surface area contributed by atoms with Gasteiger partial charge in [0.1, 0.15) is 69.8 Å². The summed E-state index contributed by atoms with van der Waals surface area (Å²) in [7, 11) is 0. The molecule has 748 valence electrons. The third-order valence-corrected chi connectivity index (χ3v) is 27.9. The molecule has 4 aliphatic heterocycles. The van der Waals surface area contributed by atoms with Gasteiger partial charge in [0.15, 0.2) is 0 Å². The SMILES string of the molecule is CCCCNc1nccc(-c2c(-c3ccc(F)cc3)nc3n2C(CNc2ccc4ccccc4n2)CC3)n1.CCCNc1nccc(-c2c(-c3ccc(F)cc3)nc3n2C(CNc2ccc4ccccc4n2)CC3)n1.CCNc1nccc(-c2c(-c3ccc(F)cc3)nc3n2C(CNc2ccc4ccccc4n2)CC3)n1.Fc1ccc(-c2nc3n(c2-c2ccnc(NC4CCC4)n2)C(CNc2ccc4ccccc4n2)CC3)cc1. The van der Waals surface area contributed by atoms with E-state index in [-0.39, 0.29) is 47.4 Å². The van der Waals surface area contributed by atoms with Crippen LogP contribution in [0, 0.1) is 23.3 Å².